The second-order valence-electron chi connectivity index (χ2n) is 11.6. The molecule has 6 rings (SSSR count). The lowest BCUT2D eigenvalue weighted by Gasteiger charge is -2.23. The maximum Gasteiger partial charge on any atom is 0.304 e. The summed E-state index contributed by atoms with van der Waals surface area (Å²) in [4.78, 5) is 11.1. The maximum atomic E-state index is 11.8. The van der Waals surface area contributed by atoms with Crippen molar-refractivity contribution >= 4 is 15.8 Å². The normalized spacial score (nSPS) is 19.3. The first-order valence-electron chi connectivity index (χ1n) is 14.4. The second kappa shape index (κ2) is 11.4. The van der Waals surface area contributed by atoms with E-state index in [1.807, 2.05) is 18.2 Å². The van der Waals surface area contributed by atoms with Gasteiger partial charge in [-0.1, -0.05) is 18.2 Å². The van der Waals surface area contributed by atoms with Crippen molar-refractivity contribution in [3.8, 4) is 28.4 Å². The first kappa shape index (κ1) is 27.6. The minimum atomic E-state index is -2.87. The minimum Gasteiger partial charge on any atom is -0.493 e. The van der Waals surface area contributed by atoms with E-state index in [1.165, 1.54) is 27.8 Å². The third-order valence-corrected chi connectivity index (χ3v) is 10.3. The number of carboxylic acid groups (broad SMARTS) is 1. The molecule has 0 radical (unpaired) electrons. The standard InChI is InChI=1S/C33H36O7S/c1-21-13-28(39-18-22-9-11-41(36,37)12-10-22)15-25-4-2-3-24-6-5-23(14-30(24)33(21)25)19-38-27-7-8-29-26(16-32(34)35)20-40-31(29)17-27/h5-8,13-15,17,22,26H,2-4,9-12,16,18-20H2,1H3,(H,34,35)/t26-/m1/s1. The first-order valence-corrected chi connectivity index (χ1v) is 16.3. The molecule has 0 unspecified atom stereocenters. The van der Waals surface area contributed by atoms with E-state index in [1.54, 1.807) is 0 Å². The number of sulfone groups is 1. The van der Waals surface area contributed by atoms with E-state index in [0.717, 1.165) is 36.1 Å². The third-order valence-electron chi connectivity index (χ3n) is 8.58. The van der Waals surface area contributed by atoms with Crippen molar-refractivity contribution in [3.05, 3.63) is 76.3 Å². The molecule has 1 aliphatic carbocycles. The number of carboxylic acids is 1. The largest absolute Gasteiger partial charge is 0.493 e. The van der Waals surface area contributed by atoms with E-state index in [2.05, 4.69) is 37.3 Å². The molecule has 216 valence electrons. The van der Waals surface area contributed by atoms with Crippen LogP contribution >= 0.6 is 0 Å². The predicted octanol–water partition coefficient (Wildman–Crippen LogP) is 5.88. The molecule has 0 bridgehead atoms. The van der Waals surface area contributed by atoms with Crippen LogP contribution in [0.15, 0.2) is 48.5 Å². The molecule has 0 spiro atoms. The number of fused-ring (bicyclic) bond motifs is 4. The van der Waals surface area contributed by atoms with Gasteiger partial charge in [0.2, 0.25) is 0 Å². The van der Waals surface area contributed by atoms with Crippen LogP contribution in [0.4, 0.5) is 0 Å². The van der Waals surface area contributed by atoms with Crippen molar-refractivity contribution in [1.82, 2.24) is 0 Å². The van der Waals surface area contributed by atoms with Crippen LogP contribution in [0.1, 0.15) is 59.4 Å². The number of aliphatic carboxylic acids is 1. The molecule has 0 aromatic heterocycles. The number of hydrogen-bond acceptors (Lipinski definition) is 6. The van der Waals surface area contributed by atoms with E-state index in [4.69, 9.17) is 19.3 Å². The van der Waals surface area contributed by atoms with Crippen molar-refractivity contribution in [2.24, 2.45) is 5.92 Å². The monoisotopic (exact) mass is 576 g/mol. The van der Waals surface area contributed by atoms with Crippen molar-refractivity contribution in [2.75, 3.05) is 24.7 Å². The molecule has 1 saturated heterocycles. The van der Waals surface area contributed by atoms with Gasteiger partial charge in [-0.05, 0) is 103 Å². The molecule has 2 heterocycles. The summed E-state index contributed by atoms with van der Waals surface area (Å²) >= 11 is 0. The topological polar surface area (TPSA) is 99.1 Å². The van der Waals surface area contributed by atoms with Crippen molar-refractivity contribution in [1.29, 1.82) is 0 Å². The van der Waals surface area contributed by atoms with E-state index in [9.17, 15) is 13.2 Å². The summed E-state index contributed by atoms with van der Waals surface area (Å²) in [5.74, 6) is 2.12. The molecule has 1 fully saturated rings. The molecule has 1 atom stereocenters. The highest BCUT2D eigenvalue weighted by molar-refractivity contribution is 7.91. The Morgan fingerprint density at radius 3 is 2.59 bits per heavy atom. The lowest BCUT2D eigenvalue weighted by atomic mass is 9.91. The van der Waals surface area contributed by atoms with Crippen LogP contribution in [0.2, 0.25) is 0 Å². The van der Waals surface area contributed by atoms with Crippen LogP contribution in [0, 0.1) is 12.8 Å². The lowest BCUT2D eigenvalue weighted by molar-refractivity contribution is -0.137. The lowest BCUT2D eigenvalue weighted by Crippen LogP contribution is -2.26. The van der Waals surface area contributed by atoms with Crippen molar-refractivity contribution < 1.29 is 32.5 Å². The zero-order valence-corrected chi connectivity index (χ0v) is 24.2. The number of hydrogen-bond donors (Lipinski definition) is 1. The Morgan fingerprint density at radius 1 is 0.976 bits per heavy atom. The molecular formula is C33H36O7S. The summed E-state index contributed by atoms with van der Waals surface area (Å²) in [5, 5.41) is 9.14. The Hall–Kier alpha value is -3.52. The van der Waals surface area contributed by atoms with Gasteiger partial charge in [0.05, 0.1) is 31.1 Å². The average Bonchev–Trinajstić information content (AvgIpc) is 3.22. The highest BCUT2D eigenvalue weighted by Crippen LogP contribution is 2.40. The van der Waals surface area contributed by atoms with E-state index in [-0.39, 0.29) is 29.8 Å². The van der Waals surface area contributed by atoms with Gasteiger partial charge in [0.15, 0.2) is 0 Å². The van der Waals surface area contributed by atoms with Gasteiger partial charge in [-0.2, -0.15) is 0 Å². The van der Waals surface area contributed by atoms with E-state index >= 15 is 0 Å². The minimum absolute atomic E-state index is 0.0593. The summed E-state index contributed by atoms with van der Waals surface area (Å²) in [7, 11) is -2.87. The molecule has 3 aromatic carbocycles. The van der Waals surface area contributed by atoms with E-state index in [0.29, 0.717) is 44.2 Å². The van der Waals surface area contributed by atoms with Crippen LogP contribution in [0.3, 0.4) is 0 Å². The summed E-state index contributed by atoms with van der Waals surface area (Å²) in [5.41, 5.74) is 8.31. The van der Waals surface area contributed by atoms with Crippen LogP contribution in [0.5, 0.6) is 17.2 Å². The zero-order valence-electron chi connectivity index (χ0n) is 23.4. The Bertz CT molecular complexity index is 1560. The Morgan fingerprint density at radius 2 is 1.78 bits per heavy atom. The van der Waals surface area contributed by atoms with Gasteiger partial charge < -0.3 is 19.3 Å². The molecule has 0 saturated carbocycles. The van der Waals surface area contributed by atoms with Gasteiger partial charge in [-0.15, -0.1) is 0 Å². The summed E-state index contributed by atoms with van der Waals surface area (Å²) in [6, 6.07) is 16.5. The third kappa shape index (κ3) is 6.22. The van der Waals surface area contributed by atoms with Gasteiger partial charge in [0, 0.05) is 17.5 Å². The van der Waals surface area contributed by atoms with Gasteiger partial charge in [-0.25, -0.2) is 8.42 Å². The molecule has 3 aromatic rings. The van der Waals surface area contributed by atoms with Gasteiger partial charge >= 0.3 is 5.97 Å². The Balaban J connectivity index is 1.16. The summed E-state index contributed by atoms with van der Waals surface area (Å²) < 4.78 is 41.6. The highest BCUT2D eigenvalue weighted by Gasteiger charge is 2.27. The summed E-state index contributed by atoms with van der Waals surface area (Å²) in [6.07, 6.45) is 4.47. The van der Waals surface area contributed by atoms with Crippen LogP contribution in [0.25, 0.3) is 11.1 Å². The molecule has 41 heavy (non-hydrogen) atoms. The molecule has 8 heteroatoms. The highest BCUT2D eigenvalue weighted by atomic mass is 32.2. The Labute approximate surface area is 241 Å². The van der Waals surface area contributed by atoms with E-state index < -0.39 is 15.8 Å². The molecule has 2 aliphatic heterocycles. The molecule has 0 amide bonds. The zero-order chi connectivity index (χ0) is 28.6. The van der Waals surface area contributed by atoms with Crippen LogP contribution in [-0.2, 0) is 34.1 Å². The molecular weight excluding hydrogens is 540 g/mol. The fourth-order valence-corrected chi connectivity index (χ4v) is 7.93. The summed E-state index contributed by atoms with van der Waals surface area (Å²) in [6.45, 7) is 3.49. The maximum absolute atomic E-state index is 11.8. The molecule has 1 N–H and O–H groups in total. The van der Waals surface area contributed by atoms with Crippen LogP contribution in [-0.4, -0.2) is 44.2 Å². The SMILES string of the molecule is Cc1cc(OCC2CCS(=O)(=O)CC2)cc2c1-c1cc(COc3ccc4c(c3)OC[C@H]4CC(=O)O)ccc1CCC2. The number of carbonyl (C=O) groups is 1. The Kier molecular flexibility index (Phi) is 7.68. The molecule has 7 nitrogen and oxygen atoms in total. The quantitative estimate of drug-likeness (QED) is 0.357. The van der Waals surface area contributed by atoms with Gasteiger partial charge in [-0.3, -0.25) is 4.79 Å². The van der Waals surface area contributed by atoms with Crippen molar-refractivity contribution in [3.63, 3.8) is 0 Å². The average molecular weight is 577 g/mol. The number of benzene rings is 3. The van der Waals surface area contributed by atoms with Gasteiger partial charge in [0.25, 0.3) is 0 Å². The van der Waals surface area contributed by atoms with Crippen molar-refractivity contribution in [2.45, 2.75) is 58.0 Å². The fourth-order valence-electron chi connectivity index (χ4n) is 6.34. The van der Waals surface area contributed by atoms with Gasteiger partial charge in [0.1, 0.15) is 33.7 Å². The number of ether oxygens (including phenoxy) is 3. The number of aryl methyl sites for hydroxylation is 3. The fraction of sp³-hybridized carbons (Fsp3) is 0.424. The molecule has 3 aliphatic rings. The number of rotatable bonds is 8. The second-order valence-corrected chi connectivity index (χ2v) is 13.9. The predicted molar refractivity (Wildman–Crippen MR) is 157 cm³/mol. The smallest absolute Gasteiger partial charge is 0.304 e. The first-order chi connectivity index (χ1) is 19.7. The van der Waals surface area contributed by atoms with Crippen LogP contribution < -0.4 is 14.2 Å².